The van der Waals surface area contributed by atoms with Gasteiger partial charge < -0.3 is 14.6 Å². The van der Waals surface area contributed by atoms with Crippen LogP contribution in [-0.2, 0) is 0 Å². The number of rotatable bonds is 3. The Bertz CT molecular complexity index is 770. The number of carbonyl (C=O) groups is 1. The van der Waals surface area contributed by atoms with Gasteiger partial charge in [0.25, 0.3) is 11.8 Å². The summed E-state index contributed by atoms with van der Waals surface area (Å²) in [4.78, 5) is 14.0. The molecule has 7 heteroatoms. The van der Waals surface area contributed by atoms with E-state index in [1.165, 1.54) is 7.05 Å². The van der Waals surface area contributed by atoms with Crippen LogP contribution in [0.1, 0.15) is 28.5 Å². The van der Waals surface area contributed by atoms with Gasteiger partial charge in [0.2, 0.25) is 0 Å². The average molecular weight is 373 g/mol. The molecule has 22 heavy (non-hydrogen) atoms. The molecule has 1 amide bonds. The maximum absolute atomic E-state index is 13.4. The first-order chi connectivity index (χ1) is 10.3. The van der Waals surface area contributed by atoms with Crippen LogP contribution in [-0.4, -0.2) is 33.0 Å². The molecule has 0 saturated heterocycles. The van der Waals surface area contributed by atoms with E-state index < -0.39 is 17.7 Å². The van der Waals surface area contributed by atoms with E-state index in [4.69, 9.17) is 4.42 Å². The van der Waals surface area contributed by atoms with Crippen molar-refractivity contribution in [1.82, 2.24) is 5.32 Å². The van der Waals surface area contributed by atoms with Crippen molar-refractivity contribution in [1.29, 1.82) is 0 Å². The van der Waals surface area contributed by atoms with E-state index in [1.807, 2.05) is 19.0 Å². The van der Waals surface area contributed by atoms with Crippen LogP contribution in [0, 0.1) is 0 Å². The molecular weight excluding hydrogens is 358 g/mol. The Balaban J connectivity index is 2.24. The zero-order chi connectivity index (χ0) is 16.2. The number of nitrogens with zero attached hydrogens (tertiary/aromatic N) is 1. The van der Waals surface area contributed by atoms with Gasteiger partial charge in [0.05, 0.1) is 17.2 Å². The number of fused-ring (bicyclic) bond motifs is 1. The Hall–Kier alpha value is -1.63. The average Bonchev–Trinajstić information content (AvgIpc) is 2.92. The largest absolute Gasteiger partial charge is 0.460 e. The summed E-state index contributed by atoms with van der Waals surface area (Å²) in [6, 6.07) is 3.48. The number of amides is 1. The molecule has 0 spiro atoms. The second-order valence-corrected chi connectivity index (χ2v) is 6.49. The molecule has 1 aliphatic carbocycles. The Morgan fingerprint density at radius 2 is 2.09 bits per heavy atom. The topological polar surface area (TPSA) is 45.5 Å². The Kier molecular flexibility index (Phi) is 3.43. The molecule has 1 heterocycles. The van der Waals surface area contributed by atoms with Crippen molar-refractivity contribution in [2.75, 3.05) is 26.0 Å². The number of hydrogen-bond donors (Lipinski definition) is 1. The van der Waals surface area contributed by atoms with Crippen LogP contribution in [0.2, 0.25) is 0 Å². The Morgan fingerprint density at radius 3 is 2.59 bits per heavy atom. The standard InChI is InChI=1S/C15H15BrF2N2O2/c1-19-14(21)12-7-4-9(16)10(20(2)3)5-11(7)22-13(12)8-6-15(8,17)18/h4-5,8H,6H2,1-3H3,(H,19,21). The van der Waals surface area contributed by atoms with Crippen molar-refractivity contribution >= 4 is 38.5 Å². The molecule has 0 bridgehead atoms. The maximum Gasteiger partial charge on any atom is 0.259 e. The first kappa shape index (κ1) is 15.3. The summed E-state index contributed by atoms with van der Waals surface area (Å²) in [5.41, 5.74) is 1.48. The summed E-state index contributed by atoms with van der Waals surface area (Å²) < 4.78 is 33.3. The quantitative estimate of drug-likeness (QED) is 0.892. The van der Waals surface area contributed by atoms with Crippen molar-refractivity contribution < 1.29 is 18.0 Å². The van der Waals surface area contributed by atoms with Gasteiger partial charge in [-0.1, -0.05) is 0 Å². The number of nitrogens with one attached hydrogen (secondary N) is 1. The summed E-state index contributed by atoms with van der Waals surface area (Å²) in [6.07, 6.45) is -0.279. The Morgan fingerprint density at radius 1 is 1.45 bits per heavy atom. The van der Waals surface area contributed by atoms with Crippen LogP contribution < -0.4 is 10.2 Å². The van der Waals surface area contributed by atoms with Gasteiger partial charge in [0, 0.05) is 43.5 Å². The van der Waals surface area contributed by atoms with E-state index in [0.29, 0.717) is 11.0 Å². The SMILES string of the molecule is CNC(=O)c1c(C2CC2(F)F)oc2cc(N(C)C)c(Br)cc12. The highest BCUT2D eigenvalue weighted by molar-refractivity contribution is 9.10. The second kappa shape index (κ2) is 4.94. The molecule has 1 aliphatic rings. The van der Waals surface area contributed by atoms with Gasteiger partial charge in [0.1, 0.15) is 11.3 Å². The minimum Gasteiger partial charge on any atom is -0.460 e. The van der Waals surface area contributed by atoms with E-state index in [0.717, 1.165) is 10.2 Å². The normalized spacial score (nSPS) is 19.3. The lowest BCUT2D eigenvalue weighted by molar-refractivity contribution is 0.0957. The predicted octanol–water partition coefficient (Wildman–Crippen LogP) is 3.74. The molecular formula is C15H15BrF2N2O2. The molecule has 118 valence electrons. The number of benzene rings is 1. The molecule has 4 nitrogen and oxygen atoms in total. The Labute approximate surface area is 134 Å². The van der Waals surface area contributed by atoms with Gasteiger partial charge in [-0.05, 0) is 22.0 Å². The minimum atomic E-state index is -2.79. The van der Waals surface area contributed by atoms with E-state index in [9.17, 15) is 13.6 Å². The van der Waals surface area contributed by atoms with Crippen molar-refractivity contribution in [2.45, 2.75) is 18.3 Å². The molecule has 3 rings (SSSR count). The van der Waals surface area contributed by atoms with Crippen LogP contribution in [0.3, 0.4) is 0 Å². The van der Waals surface area contributed by atoms with Crippen molar-refractivity contribution in [2.24, 2.45) is 0 Å². The molecule has 1 aromatic heterocycles. The number of furan rings is 1. The molecule has 1 atom stereocenters. The van der Waals surface area contributed by atoms with Crippen LogP contribution in [0.4, 0.5) is 14.5 Å². The van der Waals surface area contributed by atoms with Crippen molar-refractivity contribution in [3.8, 4) is 0 Å². The first-order valence-corrected chi connectivity index (χ1v) is 7.58. The third kappa shape index (κ3) is 2.27. The number of halogens is 3. The fraction of sp³-hybridized carbons (Fsp3) is 0.400. The molecule has 1 saturated carbocycles. The van der Waals surface area contributed by atoms with Gasteiger partial charge in [-0.2, -0.15) is 0 Å². The summed E-state index contributed by atoms with van der Waals surface area (Å²) >= 11 is 3.44. The van der Waals surface area contributed by atoms with Crippen LogP contribution in [0.5, 0.6) is 0 Å². The number of hydrogen-bond acceptors (Lipinski definition) is 3. The van der Waals surface area contributed by atoms with Gasteiger partial charge in [-0.3, -0.25) is 4.79 Å². The van der Waals surface area contributed by atoms with E-state index in [1.54, 1.807) is 12.1 Å². The summed E-state index contributed by atoms with van der Waals surface area (Å²) in [7, 11) is 5.20. The lowest BCUT2D eigenvalue weighted by atomic mass is 10.1. The van der Waals surface area contributed by atoms with Crippen LogP contribution in [0.25, 0.3) is 11.0 Å². The fourth-order valence-corrected chi connectivity index (χ4v) is 3.27. The minimum absolute atomic E-state index is 0.0714. The zero-order valence-corrected chi connectivity index (χ0v) is 13.9. The third-order valence-electron chi connectivity index (χ3n) is 3.86. The smallest absolute Gasteiger partial charge is 0.259 e. The van der Waals surface area contributed by atoms with E-state index >= 15 is 0 Å². The van der Waals surface area contributed by atoms with Gasteiger partial charge in [-0.15, -0.1) is 0 Å². The third-order valence-corrected chi connectivity index (χ3v) is 4.50. The molecule has 0 radical (unpaired) electrons. The highest BCUT2D eigenvalue weighted by Gasteiger charge is 2.60. The number of anilines is 1. The molecule has 1 fully saturated rings. The molecule has 1 aromatic carbocycles. The molecule has 1 unspecified atom stereocenters. The molecule has 1 N–H and O–H groups in total. The van der Waals surface area contributed by atoms with Crippen LogP contribution >= 0.6 is 15.9 Å². The van der Waals surface area contributed by atoms with Crippen molar-refractivity contribution in [3.63, 3.8) is 0 Å². The molecule has 2 aromatic rings. The first-order valence-electron chi connectivity index (χ1n) is 6.79. The number of alkyl halides is 2. The van der Waals surface area contributed by atoms with Gasteiger partial charge in [-0.25, -0.2) is 8.78 Å². The van der Waals surface area contributed by atoms with E-state index in [2.05, 4.69) is 21.2 Å². The van der Waals surface area contributed by atoms with Crippen LogP contribution in [0.15, 0.2) is 21.0 Å². The summed E-state index contributed by atoms with van der Waals surface area (Å²) in [5, 5.41) is 3.03. The lowest BCUT2D eigenvalue weighted by Gasteiger charge is -2.14. The fourth-order valence-electron chi connectivity index (χ4n) is 2.57. The highest BCUT2D eigenvalue weighted by Crippen LogP contribution is 2.57. The highest BCUT2D eigenvalue weighted by atomic mass is 79.9. The lowest BCUT2D eigenvalue weighted by Crippen LogP contribution is -2.19. The predicted molar refractivity (Wildman–Crippen MR) is 83.9 cm³/mol. The molecule has 0 aliphatic heterocycles. The zero-order valence-electron chi connectivity index (χ0n) is 12.3. The summed E-state index contributed by atoms with van der Waals surface area (Å²) in [5.74, 6) is -4.16. The van der Waals surface area contributed by atoms with Gasteiger partial charge >= 0.3 is 0 Å². The van der Waals surface area contributed by atoms with Gasteiger partial charge in [0.15, 0.2) is 0 Å². The monoisotopic (exact) mass is 372 g/mol. The van der Waals surface area contributed by atoms with Crippen molar-refractivity contribution in [3.05, 3.63) is 27.9 Å². The number of carbonyl (C=O) groups excluding carboxylic acids is 1. The summed E-state index contributed by atoms with van der Waals surface area (Å²) in [6.45, 7) is 0. The van der Waals surface area contributed by atoms with E-state index in [-0.39, 0.29) is 17.7 Å². The second-order valence-electron chi connectivity index (χ2n) is 5.63. The maximum atomic E-state index is 13.4.